The first-order valence-corrected chi connectivity index (χ1v) is 9.42. The molecule has 0 fully saturated rings. The summed E-state index contributed by atoms with van der Waals surface area (Å²) in [6, 6.07) is 13.2. The molecular weight excluding hydrogens is 400 g/mol. The Balaban J connectivity index is 1.72. The van der Waals surface area contributed by atoms with E-state index in [9.17, 15) is 5.26 Å². The van der Waals surface area contributed by atoms with E-state index in [0.717, 1.165) is 11.1 Å². The van der Waals surface area contributed by atoms with E-state index in [1.165, 1.54) is 0 Å². The van der Waals surface area contributed by atoms with Gasteiger partial charge >= 0.3 is 0 Å². The number of nitrogens with zero attached hydrogens (tertiary/aromatic N) is 2. The predicted octanol–water partition coefficient (Wildman–Crippen LogP) is 3.04. The van der Waals surface area contributed by atoms with E-state index in [2.05, 4.69) is 16.3 Å². The van der Waals surface area contributed by atoms with Crippen LogP contribution in [0.4, 0.5) is 0 Å². The molecular formula is C22H18N4O5. The highest BCUT2D eigenvalue weighted by molar-refractivity contribution is 5.73. The van der Waals surface area contributed by atoms with Crippen LogP contribution < -0.4 is 29.4 Å². The van der Waals surface area contributed by atoms with Crippen molar-refractivity contribution in [1.29, 1.82) is 5.26 Å². The normalized spacial score (nSPS) is 16.4. The molecule has 2 aliphatic rings. The smallest absolute Gasteiger partial charge is 0.244 e. The van der Waals surface area contributed by atoms with Gasteiger partial charge in [0.25, 0.3) is 0 Å². The molecule has 31 heavy (non-hydrogen) atoms. The van der Waals surface area contributed by atoms with Gasteiger partial charge in [-0.3, -0.25) is 5.10 Å². The molecule has 5 rings (SSSR count). The molecule has 2 aliphatic heterocycles. The summed E-state index contributed by atoms with van der Waals surface area (Å²) >= 11 is 0. The zero-order valence-electron chi connectivity index (χ0n) is 16.8. The standard InChI is InChI=1S/C22H18N4O5/c1-27-12-4-5-13(16(8-12)28-2)18-14(9-23)21(24)31-22-19(18)20(25-26-22)11-3-6-15-17(7-11)30-10-29-15/h3-8,18H,10,24H2,1-2H3,(H,25,26)/t18-/m1/s1. The van der Waals surface area contributed by atoms with Gasteiger partial charge in [-0.1, -0.05) is 6.07 Å². The third-order valence-corrected chi connectivity index (χ3v) is 5.35. The van der Waals surface area contributed by atoms with E-state index in [1.807, 2.05) is 24.3 Å². The molecule has 0 spiro atoms. The highest BCUT2D eigenvalue weighted by atomic mass is 16.7. The summed E-state index contributed by atoms with van der Waals surface area (Å²) in [6.45, 7) is 0.173. The molecule has 0 saturated carbocycles. The Kier molecular flexibility index (Phi) is 4.33. The molecule has 0 radical (unpaired) electrons. The Bertz CT molecular complexity index is 1260. The van der Waals surface area contributed by atoms with Crippen molar-refractivity contribution in [3.05, 3.63) is 59.0 Å². The van der Waals surface area contributed by atoms with Crippen LogP contribution >= 0.6 is 0 Å². The van der Waals surface area contributed by atoms with Gasteiger partial charge in [-0.25, -0.2) is 0 Å². The lowest BCUT2D eigenvalue weighted by molar-refractivity contribution is 0.174. The third-order valence-electron chi connectivity index (χ3n) is 5.35. The number of benzene rings is 2. The van der Waals surface area contributed by atoms with Crippen LogP contribution in [-0.4, -0.2) is 31.2 Å². The van der Waals surface area contributed by atoms with Crippen LogP contribution in [0.1, 0.15) is 17.0 Å². The molecule has 3 N–H and O–H groups in total. The molecule has 0 bridgehead atoms. The minimum absolute atomic E-state index is 0.00149. The molecule has 9 heteroatoms. The maximum absolute atomic E-state index is 9.91. The molecule has 0 unspecified atom stereocenters. The van der Waals surface area contributed by atoms with Crippen LogP contribution in [0.2, 0.25) is 0 Å². The maximum Gasteiger partial charge on any atom is 0.244 e. The average Bonchev–Trinajstić information content (AvgIpc) is 3.43. The van der Waals surface area contributed by atoms with Gasteiger partial charge in [0.15, 0.2) is 11.5 Å². The van der Waals surface area contributed by atoms with Crippen molar-refractivity contribution in [1.82, 2.24) is 10.2 Å². The second-order valence-corrected chi connectivity index (χ2v) is 6.92. The van der Waals surface area contributed by atoms with Crippen molar-refractivity contribution >= 4 is 0 Å². The number of hydrogen-bond donors (Lipinski definition) is 2. The quantitative estimate of drug-likeness (QED) is 0.662. The number of aromatic amines is 1. The zero-order valence-corrected chi connectivity index (χ0v) is 16.8. The van der Waals surface area contributed by atoms with Crippen LogP contribution in [-0.2, 0) is 0 Å². The highest BCUT2D eigenvalue weighted by Gasteiger charge is 2.37. The molecule has 3 aromatic rings. The van der Waals surface area contributed by atoms with Crippen LogP contribution in [0.25, 0.3) is 11.3 Å². The number of H-pyrrole nitrogens is 1. The zero-order chi connectivity index (χ0) is 21.5. The van der Waals surface area contributed by atoms with Gasteiger partial charge in [-0.15, -0.1) is 5.10 Å². The molecule has 2 aromatic carbocycles. The molecule has 0 amide bonds. The number of nitrogens with one attached hydrogen (secondary N) is 1. The summed E-state index contributed by atoms with van der Waals surface area (Å²) in [5, 5.41) is 17.2. The SMILES string of the molecule is COc1ccc([C@@H]2C(C#N)=C(N)Oc3n[nH]c(-c4ccc5c(c4)OCO5)c32)c(OC)c1. The minimum Gasteiger partial charge on any atom is -0.497 e. The van der Waals surface area contributed by atoms with Crippen molar-refractivity contribution in [2.45, 2.75) is 5.92 Å². The molecule has 0 aliphatic carbocycles. The third kappa shape index (κ3) is 2.88. The van der Waals surface area contributed by atoms with Crippen molar-refractivity contribution in [3.63, 3.8) is 0 Å². The second-order valence-electron chi connectivity index (χ2n) is 6.92. The van der Waals surface area contributed by atoms with Gasteiger partial charge in [0.05, 0.1) is 31.4 Å². The Labute approximate surface area is 177 Å². The van der Waals surface area contributed by atoms with Gasteiger partial charge in [-0.2, -0.15) is 5.26 Å². The minimum atomic E-state index is -0.561. The Morgan fingerprint density at radius 2 is 1.97 bits per heavy atom. The van der Waals surface area contributed by atoms with E-state index in [4.69, 9.17) is 29.4 Å². The molecule has 156 valence electrons. The lowest BCUT2D eigenvalue weighted by atomic mass is 9.82. The van der Waals surface area contributed by atoms with E-state index in [1.54, 1.807) is 26.4 Å². The summed E-state index contributed by atoms with van der Waals surface area (Å²) in [7, 11) is 3.14. The number of fused-ring (bicyclic) bond motifs is 2. The molecule has 1 aromatic heterocycles. The number of allylic oxidation sites excluding steroid dienone is 1. The maximum atomic E-state index is 9.91. The van der Waals surface area contributed by atoms with Crippen molar-refractivity contribution in [2.75, 3.05) is 21.0 Å². The van der Waals surface area contributed by atoms with Crippen LogP contribution in [0.5, 0.6) is 28.9 Å². The monoisotopic (exact) mass is 418 g/mol. The first-order chi connectivity index (χ1) is 15.1. The Morgan fingerprint density at radius 3 is 2.74 bits per heavy atom. The van der Waals surface area contributed by atoms with E-state index in [0.29, 0.717) is 40.1 Å². The van der Waals surface area contributed by atoms with E-state index < -0.39 is 5.92 Å². The fraction of sp³-hybridized carbons (Fsp3) is 0.182. The summed E-state index contributed by atoms with van der Waals surface area (Å²) in [5.74, 6) is 2.22. The van der Waals surface area contributed by atoms with Crippen molar-refractivity contribution < 1.29 is 23.7 Å². The number of hydrogen-bond acceptors (Lipinski definition) is 8. The fourth-order valence-corrected chi connectivity index (χ4v) is 3.89. The second kappa shape index (κ2) is 7.18. The van der Waals surface area contributed by atoms with Crippen LogP contribution in [0.15, 0.2) is 47.9 Å². The lowest BCUT2D eigenvalue weighted by Gasteiger charge is -2.25. The molecule has 9 nitrogen and oxygen atoms in total. The number of aromatic nitrogens is 2. The predicted molar refractivity (Wildman–Crippen MR) is 109 cm³/mol. The van der Waals surface area contributed by atoms with Crippen LogP contribution in [0.3, 0.4) is 0 Å². The Morgan fingerprint density at radius 1 is 1.13 bits per heavy atom. The first-order valence-electron chi connectivity index (χ1n) is 9.42. The van der Waals surface area contributed by atoms with E-state index in [-0.39, 0.29) is 18.2 Å². The van der Waals surface area contributed by atoms with Crippen molar-refractivity contribution in [2.24, 2.45) is 5.73 Å². The summed E-state index contributed by atoms with van der Waals surface area (Å²) < 4.78 is 27.5. The van der Waals surface area contributed by atoms with Gasteiger partial charge in [0.1, 0.15) is 23.1 Å². The number of methoxy groups -OCH3 is 2. The summed E-state index contributed by atoms with van der Waals surface area (Å²) in [6.07, 6.45) is 0. The number of ether oxygens (including phenoxy) is 5. The molecule has 3 heterocycles. The molecule has 1 atom stereocenters. The van der Waals surface area contributed by atoms with Gasteiger partial charge in [-0.05, 0) is 24.3 Å². The number of nitriles is 1. The average molecular weight is 418 g/mol. The van der Waals surface area contributed by atoms with Gasteiger partial charge in [0, 0.05) is 17.2 Å². The first kappa shape index (κ1) is 18.7. The van der Waals surface area contributed by atoms with E-state index >= 15 is 0 Å². The summed E-state index contributed by atoms with van der Waals surface area (Å²) in [5.41, 5.74) is 9.23. The summed E-state index contributed by atoms with van der Waals surface area (Å²) in [4.78, 5) is 0. The fourth-order valence-electron chi connectivity index (χ4n) is 3.89. The number of nitrogens with two attached hydrogens (primary N) is 1. The lowest BCUT2D eigenvalue weighted by Crippen LogP contribution is -2.21. The number of rotatable bonds is 4. The highest BCUT2D eigenvalue weighted by Crippen LogP contribution is 2.49. The van der Waals surface area contributed by atoms with Gasteiger partial charge < -0.3 is 29.4 Å². The topological polar surface area (TPSA) is 125 Å². The van der Waals surface area contributed by atoms with Gasteiger partial charge in [0.2, 0.25) is 18.6 Å². The Hall–Kier alpha value is -4.32. The van der Waals surface area contributed by atoms with Crippen LogP contribution in [0, 0.1) is 11.3 Å². The largest absolute Gasteiger partial charge is 0.497 e. The van der Waals surface area contributed by atoms with Crippen molar-refractivity contribution in [3.8, 4) is 46.2 Å². The molecule has 0 saturated heterocycles.